The lowest BCUT2D eigenvalue weighted by Crippen LogP contribution is -2.25. The maximum Gasteiger partial charge on any atom is 0.0850 e. The van der Waals surface area contributed by atoms with Crippen LogP contribution in [-0.4, -0.2) is 16.3 Å². The molecule has 1 heterocycles. The number of halogens is 1. The van der Waals surface area contributed by atoms with Crippen LogP contribution in [0.4, 0.5) is 0 Å². The van der Waals surface area contributed by atoms with E-state index in [1.807, 2.05) is 18.7 Å². The van der Waals surface area contributed by atoms with Gasteiger partial charge in [-0.1, -0.05) is 18.5 Å². The number of hydrogen-bond acceptors (Lipinski definition) is 3. The highest BCUT2D eigenvalue weighted by atomic mass is 35.5. The molecular formula is C8H15ClN4. The molecule has 0 atom stereocenters. The highest BCUT2D eigenvalue weighted by molar-refractivity contribution is 6.31. The Hall–Kier alpha value is -0.580. The van der Waals surface area contributed by atoms with Gasteiger partial charge in [0.2, 0.25) is 0 Å². The summed E-state index contributed by atoms with van der Waals surface area (Å²) in [6, 6.07) is 0. The number of aryl methyl sites for hydroxylation is 2. The molecule has 3 N–H and O–H groups in total. The average Bonchev–Trinajstić information content (AvgIpc) is 2.39. The highest BCUT2D eigenvalue weighted by Gasteiger charge is 2.11. The fourth-order valence-electron chi connectivity index (χ4n) is 1.28. The fraction of sp³-hybridized carbons (Fsp3) is 0.625. The van der Waals surface area contributed by atoms with Crippen molar-refractivity contribution in [1.82, 2.24) is 15.2 Å². The van der Waals surface area contributed by atoms with Gasteiger partial charge in [-0.05, 0) is 6.42 Å². The SMILES string of the molecule is CCc1nn(C)c(CCNN)c1Cl. The van der Waals surface area contributed by atoms with Crippen molar-refractivity contribution in [2.45, 2.75) is 19.8 Å². The van der Waals surface area contributed by atoms with Crippen molar-refractivity contribution in [1.29, 1.82) is 0 Å². The zero-order valence-corrected chi connectivity index (χ0v) is 8.73. The number of nitrogens with zero attached hydrogens (tertiary/aromatic N) is 2. The van der Waals surface area contributed by atoms with E-state index in [0.717, 1.165) is 29.3 Å². The third kappa shape index (κ3) is 2.21. The first kappa shape index (κ1) is 10.5. The maximum absolute atomic E-state index is 6.11. The standard InChI is InChI=1S/C8H15ClN4/c1-3-6-8(9)7(4-5-11-10)13(2)12-6/h11H,3-5,10H2,1-2H3. The Morgan fingerprint density at radius 3 is 2.77 bits per heavy atom. The Morgan fingerprint density at radius 2 is 2.31 bits per heavy atom. The fourth-order valence-corrected chi connectivity index (χ4v) is 1.67. The van der Waals surface area contributed by atoms with Crippen LogP contribution in [0.5, 0.6) is 0 Å². The van der Waals surface area contributed by atoms with Crippen LogP contribution in [0.3, 0.4) is 0 Å². The first-order valence-corrected chi connectivity index (χ1v) is 4.72. The molecule has 1 aromatic rings. The normalized spacial score (nSPS) is 10.8. The summed E-state index contributed by atoms with van der Waals surface area (Å²) in [6.07, 6.45) is 1.67. The molecule has 0 aliphatic heterocycles. The predicted molar refractivity (Wildman–Crippen MR) is 53.5 cm³/mol. The summed E-state index contributed by atoms with van der Waals surface area (Å²) in [5.41, 5.74) is 4.59. The summed E-state index contributed by atoms with van der Waals surface area (Å²) in [5, 5.41) is 5.08. The molecule has 5 heteroatoms. The molecular weight excluding hydrogens is 188 g/mol. The number of aromatic nitrogens is 2. The van der Waals surface area contributed by atoms with E-state index in [4.69, 9.17) is 17.4 Å². The van der Waals surface area contributed by atoms with Crippen LogP contribution in [0.2, 0.25) is 5.02 Å². The van der Waals surface area contributed by atoms with E-state index in [0.29, 0.717) is 6.54 Å². The van der Waals surface area contributed by atoms with Crippen LogP contribution in [0.1, 0.15) is 18.3 Å². The number of hydrazine groups is 1. The van der Waals surface area contributed by atoms with Gasteiger partial charge in [0.05, 0.1) is 16.4 Å². The molecule has 0 aliphatic rings. The second-order valence-corrected chi connectivity index (χ2v) is 3.27. The van der Waals surface area contributed by atoms with Crippen LogP contribution >= 0.6 is 11.6 Å². The molecule has 0 spiro atoms. The molecule has 4 nitrogen and oxygen atoms in total. The summed E-state index contributed by atoms with van der Waals surface area (Å²) >= 11 is 6.11. The van der Waals surface area contributed by atoms with Crippen molar-refractivity contribution in [2.75, 3.05) is 6.54 Å². The minimum absolute atomic E-state index is 0.711. The molecule has 0 amide bonds. The van der Waals surface area contributed by atoms with Gasteiger partial charge in [-0.3, -0.25) is 16.0 Å². The largest absolute Gasteiger partial charge is 0.271 e. The molecule has 0 saturated heterocycles. The monoisotopic (exact) mass is 202 g/mol. The second-order valence-electron chi connectivity index (χ2n) is 2.89. The first-order valence-electron chi connectivity index (χ1n) is 4.34. The van der Waals surface area contributed by atoms with Gasteiger partial charge in [0.25, 0.3) is 0 Å². The van der Waals surface area contributed by atoms with Gasteiger partial charge in [0.1, 0.15) is 0 Å². The van der Waals surface area contributed by atoms with Crippen LogP contribution < -0.4 is 11.3 Å². The van der Waals surface area contributed by atoms with Gasteiger partial charge in [0, 0.05) is 20.0 Å². The van der Waals surface area contributed by atoms with Crippen molar-refractivity contribution in [3.8, 4) is 0 Å². The summed E-state index contributed by atoms with van der Waals surface area (Å²) in [5.74, 6) is 5.19. The zero-order chi connectivity index (χ0) is 9.84. The van der Waals surface area contributed by atoms with E-state index in [2.05, 4.69) is 10.5 Å². The summed E-state index contributed by atoms with van der Waals surface area (Å²) in [7, 11) is 1.90. The van der Waals surface area contributed by atoms with Gasteiger partial charge in [-0.25, -0.2) is 0 Å². The number of hydrogen-bond donors (Lipinski definition) is 2. The van der Waals surface area contributed by atoms with Gasteiger partial charge in [-0.2, -0.15) is 5.10 Å². The summed E-state index contributed by atoms with van der Waals surface area (Å²) in [4.78, 5) is 0. The van der Waals surface area contributed by atoms with Crippen molar-refractivity contribution < 1.29 is 0 Å². The Kier molecular flexibility index (Phi) is 3.71. The van der Waals surface area contributed by atoms with Crippen molar-refractivity contribution in [3.05, 3.63) is 16.4 Å². The van der Waals surface area contributed by atoms with Crippen molar-refractivity contribution >= 4 is 11.6 Å². The molecule has 1 aromatic heterocycles. The summed E-state index contributed by atoms with van der Waals surface area (Å²) < 4.78 is 1.82. The Balaban J connectivity index is 2.85. The lowest BCUT2D eigenvalue weighted by molar-refractivity contribution is 0.657. The van der Waals surface area contributed by atoms with Gasteiger partial charge < -0.3 is 0 Å². The number of rotatable bonds is 4. The summed E-state index contributed by atoms with van der Waals surface area (Å²) in [6.45, 7) is 2.75. The molecule has 0 unspecified atom stereocenters. The van der Waals surface area contributed by atoms with Crippen molar-refractivity contribution in [2.24, 2.45) is 12.9 Å². The van der Waals surface area contributed by atoms with Gasteiger partial charge >= 0.3 is 0 Å². The lowest BCUT2D eigenvalue weighted by atomic mass is 10.2. The van der Waals surface area contributed by atoms with Crippen LogP contribution in [0, 0.1) is 0 Å². The molecule has 0 fully saturated rings. The van der Waals surface area contributed by atoms with Crippen molar-refractivity contribution in [3.63, 3.8) is 0 Å². The smallest absolute Gasteiger partial charge is 0.0850 e. The van der Waals surface area contributed by atoms with Crippen LogP contribution in [-0.2, 0) is 19.9 Å². The number of nitrogens with two attached hydrogens (primary N) is 1. The number of nitrogens with one attached hydrogen (secondary N) is 1. The Bertz CT molecular complexity index is 282. The molecule has 0 bridgehead atoms. The molecule has 0 aromatic carbocycles. The molecule has 0 radical (unpaired) electrons. The predicted octanol–water partition coefficient (Wildman–Crippen LogP) is 0.642. The second kappa shape index (κ2) is 4.60. The van der Waals surface area contributed by atoms with Gasteiger partial charge in [0.15, 0.2) is 0 Å². The van der Waals surface area contributed by atoms with Crippen LogP contribution in [0.25, 0.3) is 0 Å². The zero-order valence-electron chi connectivity index (χ0n) is 7.97. The maximum atomic E-state index is 6.11. The van der Waals surface area contributed by atoms with E-state index >= 15 is 0 Å². The Labute approximate surface area is 83.0 Å². The van der Waals surface area contributed by atoms with E-state index in [1.165, 1.54) is 0 Å². The third-order valence-corrected chi connectivity index (χ3v) is 2.45. The average molecular weight is 203 g/mol. The molecule has 0 aliphatic carbocycles. The topological polar surface area (TPSA) is 55.9 Å². The quantitative estimate of drug-likeness (QED) is 0.557. The molecule has 74 valence electrons. The molecule has 13 heavy (non-hydrogen) atoms. The molecule has 0 saturated carbocycles. The van der Waals surface area contributed by atoms with E-state index in [9.17, 15) is 0 Å². The Morgan fingerprint density at radius 1 is 1.62 bits per heavy atom. The van der Waals surface area contributed by atoms with E-state index in [1.54, 1.807) is 0 Å². The molecule has 1 rings (SSSR count). The van der Waals surface area contributed by atoms with E-state index < -0.39 is 0 Å². The first-order chi connectivity index (χ1) is 6.20. The van der Waals surface area contributed by atoms with E-state index in [-0.39, 0.29) is 0 Å². The minimum Gasteiger partial charge on any atom is -0.271 e. The highest BCUT2D eigenvalue weighted by Crippen LogP contribution is 2.20. The third-order valence-electron chi connectivity index (χ3n) is 2.01. The lowest BCUT2D eigenvalue weighted by Gasteiger charge is -2.00. The minimum atomic E-state index is 0.711. The van der Waals surface area contributed by atoms with Gasteiger partial charge in [-0.15, -0.1) is 0 Å². The van der Waals surface area contributed by atoms with Crippen LogP contribution in [0.15, 0.2) is 0 Å².